The van der Waals surface area contributed by atoms with Crippen LogP contribution in [0.4, 0.5) is 0 Å². The number of nitrogens with one attached hydrogen (secondary N) is 2. The van der Waals surface area contributed by atoms with E-state index in [0.717, 1.165) is 44.9 Å². The van der Waals surface area contributed by atoms with Crippen molar-refractivity contribution in [2.75, 3.05) is 32.7 Å². The number of rotatable bonds is 6. The van der Waals surface area contributed by atoms with Crippen LogP contribution in [0.2, 0.25) is 0 Å². The van der Waals surface area contributed by atoms with Crippen molar-refractivity contribution in [2.24, 2.45) is 11.8 Å². The van der Waals surface area contributed by atoms with Crippen LogP contribution in [0.5, 0.6) is 0 Å². The molecule has 2 aliphatic heterocycles. The Balaban J connectivity index is 0.00000261. The van der Waals surface area contributed by atoms with Gasteiger partial charge in [-0.1, -0.05) is 20.8 Å². The smallest absolute Gasteiger partial charge is 0.271 e. The molecule has 2 atom stereocenters. The Kier molecular flexibility index (Phi) is 8.58. The van der Waals surface area contributed by atoms with Crippen LogP contribution in [-0.2, 0) is 0 Å². The molecule has 0 aliphatic carbocycles. The fourth-order valence-electron chi connectivity index (χ4n) is 4.16. The Hall–Kier alpha value is -1.11. The minimum atomic E-state index is -0.0523. The Bertz CT molecular complexity index is 577. The van der Waals surface area contributed by atoms with E-state index in [2.05, 4.69) is 41.4 Å². The van der Waals surface area contributed by atoms with E-state index >= 15 is 0 Å². The van der Waals surface area contributed by atoms with Crippen LogP contribution in [0.1, 0.15) is 63.0 Å². The quantitative estimate of drug-likeness (QED) is 0.774. The SMILES string of the molecule is CC1CCN(C(CNC(=O)c2ccn(C3CCCNC3)n2)C(C)C)CC1.Cl. The van der Waals surface area contributed by atoms with Gasteiger partial charge in [-0.05, 0) is 63.2 Å². The zero-order valence-corrected chi connectivity index (χ0v) is 17.8. The number of aromatic nitrogens is 2. The van der Waals surface area contributed by atoms with Gasteiger partial charge >= 0.3 is 0 Å². The minimum absolute atomic E-state index is 0. The van der Waals surface area contributed by atoms with Gasteiger partial charge in [0.1, 0.15) is 5.69 Å². The van der Waals surface area contributed by atoms with Crippen LogP contribution in [0.15, 0.2) is 12.3 Å². The van der Waals surface area contributed by atoms with Gasteiger partial charge in [0.05, 0.1) is 6.04 Å². The summed E-state index contributed by atoms with van der Waals surface area (Å²) in [5, 5.41) is 11.1. The molecule has 0 saturated carbocycles. The highest BCUT2D eigenvalue weighted by Crippen LogP contribution is 2.21. The van der Waals surface area contributed by atoms with Crippen LogP contribution in [0.3, 0.4) is 0 Å². The highest BCUT2D eigenvalue weighted by molar-refractivity contribution is 5.92. The lowest BCUT2D eigenvalue weighted by atomic mass is 9.94. The number of carbonyl (C=O) groups is 1. The fraction of sp³-hybridized carbons (Fsp3) is 0.800. The third-order valence-electron chi connectivity index (χ3n) is 6.01. The van der Waals surface area contributed by atoms with Crippen molar-refractivity contribution in [1.29, 1.82) is 0 Å². The Morgan fingerprint density at radius 2 is 2.07 bits per heavy atom. The number of piperidine rings is 2. The summed E-state index contributed by atoms with van der Waals surface area (Å²) in [7, 11) is 0. The van der Waals surface area contributed by atoms with Crippen LogP contribution in [-0.4, -0.2) is 59.4 Å². The van der Waals surface area contributed by atoms with E-state index in [-0.39, 0.29) is 18.3 Å². The third-order valence-corrected chi connectivity index (χ3v) is 6.01. The molecule has 0 bridgehead atoms. The lowest BCUT2D eigenvalue weighted by Crippen LogP contribution is -2.49. The van der Waals surface area contributed by atoms with E-state index in [0.29, 0.717) is 30.2 Å². The molecule has 0 aromatic carbocycles. The molecule has 0 spiro atoms. The minimum Gasteiger partial charge on any atom is -0.349 e. The standard InChI is InChI=1S/C20H35N5O.ClH/c1-15(2)19(24-10-6-16(3)7-11-24)14-22-20(26)18-8-12-25(23-18)17-5-4-9-21-13-17;/h8,12,15-17,19,21H,4-7,9-11,13-14H2,1-3H3,(H,22,26);1H. The molecule has 1 amide bonds. The summed E-state index contributed by atoms with van der Waals surface area (Å²) in [5.74, 6) is 1.30. The molecule has 154 valence electrons. The summed E-state index contributed by atoms with van der Waals surface area (Å²) in [6.45, 7) is 11.8. The molecule has 7 heteroatoms. The lowest BCUT2D eigenvalue weighted by Gasteiger charge is -2.38. The molecule has 27 heavy (non-hydrogen) atoms. The number of hydrogen-bond acceptors (Lipinski definition) is 4. The summed E-state index contributed by atoms with van der Waals surface area (Å²) in [4.78, 5) is 15.1. The van der Waals surface area contributed by atoms with Crippen molar-refractivity contribution < 1.29 is 4.79 Å². The van der Waals surface area contributed by atoms with Gasteiger partial charge in [0.2, 0.25) is 0 Å². The van der Waals surface area contributed by atoms with Crippen LogP contribution < -0.4 is 10.6 Å². The van der Waals surface area contributed by atoms with E-state index in [1.54, 1.807) is 0 Å². The summed E-state index contributed by atoms with van der Waals surface area (Å²) < 4.78 is 1.95. The molecule has 3 heterocycles. The van der Waals surface area contributed by atoms with E-state index in [1.165, 1.54) is 12.8 Å². The fourth-order valence-corrected chi connectivity index (χ4v) is 4.16. The van der Waals surface area contributed by atoms with Gasteiger partial charge in [-0.2, -0.15) is 5.10 Å². The van der Waals surface area contributed by atoms with E-state index in [1.807, 2.05) is 16.9 Å². The van der Waals surface area contributed by atoms with Crippen molar-refractivity contribution in [1.82, 2.24) is 25.3 Å². The first-order valence-electron chi connectivity index (χ1n) is 10.3. The van der Waals surface area contributed by atoms with Gasteiger partial charge in [-0.3, -0.25) is 14.4 Å². The van der Waals surface area contributed by atoms with Crippen LogP contribution in [0.25, 0.3) is 0 Å². The first-order valence-corrected chi connectivity index (χ1v) is 10.3. The number of nitrogens with zero attached hydrogens (tertiary/aromatic N) is 3. The Morgan fingerprint density at radius 3 is 2.70 bits per heavy atom. The number of amides is 1. The maximum absolute atomic E-state index is 12.6. The molecule has 0 radical (unpaired) electrons. The second-order valence-corrected chi connectivity index (χ2v) is 8.42. The van der Waals surface area contributed by atoms with Crippen molar-refractivity contribution >= 4 is 18.3 Å². The monoisotopic (exact) mass is 397 g/mol. The molecule has 1 aromatic heterocycles. The average Bonchev–Trinajstić information content (AvgIpc) is 3.14. The largest absolute Gasteiger partial charge is 0.349 e. The second kappa shape index (κ2) is 10.4. The first-order chi connectivity index (χ1) is 12.5. The van der Waals surface area contributed by atoms with Gasteiger partial charge in [0.15, 0.2) is 0 Å². The van der Waals surface area contributed by atoms with Crippen molar-refractivity contribution in [3.8, 4) is 0 Å². The van der Waals surface area contributed by atoms with Gasteiger partial charge in [0, 0.05) is 25.3 Å². The zero-order chi connectivity index (χ0) is 18.5. The van der Waals surface area contributed by atoms with Crippen molar-refractivity contribution in [3.63, 3.8) is 0 Å². The molecular weight excluding hydrogens is 362 g/mol. The van der Waals surface area contributed by atoms with E-state index < -0.39 is 0 Å². The molecular formula is C20H36ClN5O. The third kappa shape index (κ3) is 5.93. The van der Waals surface area contributed by atoms with E-state index in [9.17, 15) is 4.79 Å². The Morgan fingerprint density at radius 1 is 1.33 bits per heavy atom. The molecule has 1 aromatic rings. The topological polar surface area (TPSA) is 62.2 Å². The molecule has 3 rings (SSSR count). The normalized spacial score (nSPS) is 23.0. The molecule has 6 nitrogen and oxygen atoms in total. The number of likely N-dealkylation sites (tertiary alicyclic amines) is 1. The first kappa shape index (κ1) is 22.2. The molecule has 2 N–H and O–H groups in total. The number of carbonyl (C=O) groups excluding carboxylic acids is 1. The van der Waals surface area contributed by atoms with Gasteiger partial charge in [-0.15, -0.1) is 12.4 Å². The molecule has 2 saturated heterocycles. The van der Waals surface area contributed by atoms with Crippen molar-refractivity contribution in [3.05, 3.63) is 18.0 Å². The summed E-state index contributed by atoms with van der Waals surface area (Å²) in [6, 6.07) is 2.61. The maximum Gasteiger partial charge on any atom is 0.271 e. The van der Waals surface area contributed by atoms with Gasteiger partial charge < -0.3 is 10.6 Å². The van der Waals surface area contributed by atoms with E-state index in [4.69, 9.17) is 0 Å². The Labute approximate surface area is 169 Å². The predicted octanol–water partition coefficient (Wildman–Crippen LogP) is 2.72. The van der Waals surface area contributed by atoms with Crippen LogP contribution >= 0.6 is 12.4 Å². The summed E-state index contributed by atoms with van der Waals surface area (Å²) >= 11 is 0. The predicted molar refractivity (Wildman–Crippen MR) is 112 cm³/mol. The highest BCUT2D eigenvalue weighted by atomic mass is 35.5. The van der Waals surface area contributed by atoms with Crippen molar-refractivity contribution in [2.45, 2.75) is 58.5 Å². The average molecular weight is 398 g/mol. The van der Waals surface area contributed by atoms with Crippen LogP contribution in [0, 0.1) is 11.8 Å². The lowest BCUT2D eigenvalue weighted by molar-refractivity contribution is 0.0858. The molecule has 2 unspecified atom stereocenters. The second-order valence-electron chi connectivity index (χ2n) is 8.42. The number of hydrogen-bond donors (Lipinski definition) is 2. The van der Waals surface area contributed by atoms with Gasteiger partial charge in [-0.25, -0.2) is 0 Å². The zero-order valence-electron chi connectivity index (χ0n) is 17.0. The maximum atomic E-state index is 12.6. The summed E-state index contributed by atoms with van der Waals surface area (Å²) in [6.07, 6.45) is 6.75. The summed E-state index contributed by atoms with van der Waals surface area (Å²) in [5.41, 5.74) is 0.533. The van der Waals surface area contributed by atoms with Gasteiger partial charge in [0.25, 0.3) is 5.91 Å². The highest BCUT2D eigenvalue weighted by Gasteiger charge is 2.26. The number of halogens is 1. The molecule has 2 fully saturated rings. The molecule has 2 aliphatic rings.